The van der Waals surface area contributed by atoms with Gasteiger partial charge in [-0.1, -0.05) is 0 Å². The van der Waals surface area contributed by atoms with Crippen molar-refractivity contribution in [2.45, 2.75) is 29.8 Å². The number of rotatable bonds is 4. The summed E-state index contributed by atoms with van der Waals surface area (Å²) in [5.74, 6) is -4.26. The average molecular weight is 423 g/mol. The van der Waals surface area contributed by atoms with Crippen LogP contribution >= 0.6 is 12.6 Å². The number of halogens is 3. The van der Waals surface area contributed by atoms with Crippen molar-refractivity contribution in [1.82, 2.24) is 15.2 Å². The lowest BCUT2D eigenvalue weighted by Gasteiger charge is -2.40. The highest BCUT2D eigenvalue weighted by Gasteiger charge is 2.43. The fourth-order valence-corrected chi connectivity index (χ4v) is 2.81. The number of carboxylic acid groups (broad SMARTS) is 2. The van der Waals surface area contributed by atoms with Gasteiger partial charge in [0.05, 0.1) is 5.56 Å². The van der Waals surface area contributed by atoms with Crippen LogP contribution in [0.2, 0.25) is 0 Å². The van der Waals surface area contributed by atoms with Gasteiger partial charge in [-0.05, 0) is 45.1 Å². The molecule has 8 nitrogen and oxygen atoms in total. The first-order chi connectivity index (χ1) is 12.9. The Morgan fingerprint density at radius 3 is 2.21 bits per heavy atom. The number of likely N-dealkylation sites (tertiary alicyclic amines) is 1. The minimum Gasteiger partial charge on any atom is -0.480 e. The van der Waals surface area contributed by atoms with Crippen LogP contribution < -0.4 is 5.32 Å². The minimum absolute atomic E-state index is 0.341. The van der Waals surface area contributed by atoms with Gasteiger partial charge in [0.1, 0.15) is 6.04 Å². The van der Waals surface area contributed by atoms with Gasteiger partial charge in [0.2, 0.25) is 0 Å². The van der Waals surface area contributed by atoms with Gasteiger partial charge in [-0.25, -0.2) is 9.59 Å². The summed E-state index contributed by atoms with van der Waals surface area (Å²) in [6.07, 6.45) is -0.898. The summed E-state index contributed by atoms with van der Waals surface area (Å²) in [7, 11) is 1.98. The standard InChI is InChI=1S/C14H19N3O3S.C2HF3O2/c1-17-7-4-14(21,5-8-17)11(13(19)20)16-12(18)10-3-2-6-15-9-10;3-2(4,5)1(6)7/h2-3,6,9,11,21H,4-5,7-8H2,1H3,(H,16,18)(H,19,20);(H,6,7)/t11-;/m1./s1. The Morgan fingerprint density at radius 1 is 1.29 bits per heavy atom. The number of nitrogens with zero attached hydrogens (tertiary/aromatic N) is 2. The van der Waals surface area contributed by atoms with Crippen LogP contribution in [0.4, 0.5) is 13.2 Å². The van der Waals surface area contributed by atoms with E-state index in [0.29, 0.717) is 18.4 Å². The third-order valence-corrected chi connectivity index (χ3v) is 4.78. The molecule has 0 aromatic carbocycles. The Morgan fingerprint density at radius 2 is 1.82 bits per heavy atom. The number of carboxylic acids is 2. The quantitative estimate of drug-likeness (QED) is 0.539. The number of pyridine rings is 1. The zero-order valence-electron chi connectivity index (χ0n) is 14.8. The average Bonchev–Trinajstić information content (AvgIpc) is 2.62. The number of amides is 1. The molecule has 2 rings (SSSR count). The van der Waals surface area contributed by atoms with E-state index in [1.807, 2.05) is 7.05 Å². The lowest BCUT2D eigenvalue weighted by atomic mass is 9.88. The van der Waals surface area contributed by atoms with Crippen LogP contribution in [0.3, 0.4) is 0 Å². The van der Waals surface area contributed by atoms with Crippen molar-refractivity contribution in [3.05, 3.63) is 30.1 Å². The fourth-order valence-electron chi connectivity index (χ4n) is 2.43. The van der Waals surface area contributed by atoms with Crippen molar-refractivity contribution >= 4 is 30.5 Å². The lowest BCUT2D eigenvalue weighted by Crippen LogP contribution is -2.57. The number of aliphatic carboxylic acids is 2. The smallest absolute Gasteiger partial charge is 0.480 e. The normalized spacial score (nSPS) is 17.6. The second-order valence-electron chi connectivity index (χ2n) is 6.20. The minimum atomic E-state index is -5.08. The Labute approximate surface area is 164 Å². The zero-order chi connectivity index (χ0) is 21.5. The number of thiol groups is 1. The fraction of sp³-hybridized carbons (Fsp3) is 0.500. The van der Waals surface area contributed by atoms with Crippen molar-refractivity contribution in [3.8, 4) is 0 Å². The molecule has 1 aromatic rings. The summed E-state index contributed by atoms with van der Waals surface area (Å²) in [5, 5.41) is 19.2. The van der Waals surface area contributed by atoms with Gasteiger partial charge in [0, 0.05) is 17.1 Å². The van der Waals surface area contributed by atoms with Gasteiger partial charge in [-0.15, -0.1) is 0 Å². The molecule has 156 valence electrons. The molecule has 1 fully saturated rings. The van der Waals surface area contributed by atoms with Crippen LogP contribution in [-0.2, 0) is 9.59 Å². The second-order valence-corrected chi connectivity index (χ2v) is 7.09. The maximum absolute atomic E-state index is 12.1. The number of alkyl halides is 3. The van der Waals surface area contributed by atoms with Crippen LogP contribution in [0.15, 0.2) is 24.5 Å². The highest BCUT2D eigenvalue weighted by Crippen LogP contribution is 2.32. The molecular weight excluding hydrogens is 403 g/mol. The maximum Gasteiger partial charge on any atom is 0.490 e. The third-order valence-electron chi connectivity index (χ3n) is 4.08. The molecule has 1 aromatic heterocycles. The number of carbonyl (C=O) groups excluding carboxylic acids is 1. The summed E-state index contributed by atoms with van der Waals surface area (Å²) in [4.78, 5) is 38.6. The van der Waals surface area contributed by atoms with Crippen LogP contribution in [0.1, 0.15) is 23.2 Å². The molecule has 0 spiro atoms. The summed E-state index contributed by atoms with van der Waals surface area (Å²) >= 11 is 4.57. The predicted molar refractivity (Wildman–Crippen MR) is 95.3 cm³/mol. The third kappa shape index (κ3) is 7.00. The van der Waals surface area contributed by atoms with E-state index in [2.05, 4.69) is 27.8 Å². The molecule has 1 aliphatic heterocycles. The van der Waals surface area contributed by atoms with Crippen molar-refractivity contribution in [1.29, 1.82) is 0 Å². The van der Waals surface area contributed by atoms with E-state index < -0.39 is 34.8 Å². The molecule has 3 N–H and O–H groups in total. The van der Waals surface area contributed by atoms with E-state index >= 15 is 0 Å². The lowest BCUT2D eigenvalue weighted by molar-refractivity contribution is -0.192. The Bertz CT molecular complexity index is 695. The molecule has 0 aliphatic carbocycles. The van der Waals surface area contributed by atoms with Crippen LogP contribution in [-0.4, -0.2) is 75.0 Å². The number of hydrogen-bond acceptors (Lipinski definition) is 6. The van der Waals surface area contributed by atoms with Gasteiger partial charge < -0.3 is 20.4 Å². The number of hydrogen-bond donors (Lipinski definition) is 4. The first-order valence-corrected chi connectivity index (χ1v) is 8.46. The SMILES string of the molecule is CN1CCC(S)([C@H](NC(=O)c2cccnc2)C(=O)O)CC1.O=C(O)C(F)(F)F. The molecule has 2 heterocycles. The number of nitrogens with one attached hydrogen (secondary N) is 1. The summed E-state index contributed by atoms with van der Waals surface area (Å²) in [5.41, 5.74) is 0.341. The summed E-state index contributed by atoms with van der Waals surface area (Å²) in [6.45, 7) is 1.52. The molecule has 0 radical (unpaired) electrons. The Hall–Kier alpha value is -2.34. The number of carbonyl (C=O) groups is 3. The molecule has 0 bridgehead atoms. The second kappa shape index (κ2) is 9.73. The topological polar surface area (TPSA) is 120 Å². The molecular formula is C16H20F3N3O5S. The summed E-state index contributed by atoms with van der Waals surface area (Å²) < 4.78 is 31.0. The Kier molecular flexibility index (Phi) is 8.24. The first-order valence-electron chi connectivity index (χ1n) is 8.01. The van der Waals surface area contributed by atoms with Crippen molar-refractivity contribution in [2.24, 2.45) is 0 Å². The van der Waals surface area contributed by atoms with E-state index in [9.17, 15) is 27.9 Å². The van der Waals surface area contributed by atoms with Gasteiger partial charge in [-0.2, -0.15) is 25.8 Å². The number of piperidine rings is 1. The first kappa shape index (κ1) is 23.7. The van der Waals surface area contributed by atoms with Gasteiger partial charge in [0.15, 0.2) is 0 Å². The van der Waals surface area contributed by atoms with Crippen LogP contribution in [0.5, 0.6) is 0 Å². The highest BCUT2D eigenvalue weighted by molar-refractivity contribution is 7.82. The monoisotopic (exact) mass is 423 g/mol. The van der Waals surface area contributed by atoms with E-state index in [-0.39, 0.29) is 0 Å². The molecule has 28 heavy (non-hydrogen) atoms. The van der Waals surface area contributed by atoms with Crippen LogP contribution in [0.25, 0.3) is 0 Å². The maximum atomic E-state index is 12.1. The molecule has 0 unspecified atom stereocenters. The number of aromatic nitrogens is 1. The van der Waals surface area contributed by atoms with Crippen molar-refractivity contribution in [3.63, 3.8) is 0 Å². The van der Waals surface area contributed by atoms with Crippen LogP contribution in [0, 0.1) is 0 Å². The van der Waals surface area contributed by atoms with E-state index in [1.54, 1.807) is 18.3 Å². The van der Waals surface area contributed by atoms with Gasteiger partial charge in [-0.3, -0.25) is 9.78 Å². The van der Waals surface area contributed by atoms with E-state index in [0.717, 1.165) is 13.1 Å². The molecule has 1 aliphatic rings. The van der Waals surface area contributed by atoms with Crippen molar-refractivity contribution < 1.29 is 37.8 Å². The summed E-state index contributed by atoms with van der Waals surface area (Å²) in [6, 6.07) is 2.21. The highest BCUT2D eigenvalue weighted by atomic mass is 32.1. The van der Waals surface area contributed by atoms with Crippen molar-refractivity contribution in [2.75, 3.05) is 20.1 Å². The predicted octanol–water partition coefficient (Wildman–Crippen LogP) is 1.29. The molecule has 12 heteroatoms. The largest absolute Gasteiger partial charge is 0.490 e. The molecule has 1 atom stereocenters. The Balaban J connectivity index is 0.000000480. The van der Waals surface area contributed by atoms with E-state index in [4.69, 9.17) is 9.90 Å². The zero-order valence-corrected chi connectivity index (χ0v) is 15.7. The van der Waals surface area contributed by atoms with E-state index in [1.165, 1.54) is 6.20 Å². The van der Waals surface area contributed by atoms with Gasteiger partial charge in [0.25, 0.3) is 5.91 Å². The molecule has 1 amide bonds. The van der Waals surface area contributed by atoms with Gasteiger partial charge >= 0.3 is 18.1 Å². The molecule has 0 saturated carbocycles. The molecule has 1 saturated heterocycles.